The Morgan fingerprint density at radius 1 is 1.41 bits per heavy atom. The van der Waals surface area contributed by atoms with Gasteiger partial charge >= 0.3 is 0 Å². The molecule has 0 bridgehead atoms. The molecule has 4 heterocycles. The van der Waals surface area contributed by atoms with Crippen molar-refractivity contribution in [3.63, 3.8) is 0 Å². The third-order valence-corrected chi connectivity index (χ3v) is 7.26. The molecule has 9 heteroatoms. The zero-order valence-corrected chi connectivity index (χ0v) is 18.8. The molecule has 3 aromatic rings. The number of nitrogens with two attached hydrogens (primary N) is 1. The van der Waals surface area contributed by atoms with Crippen LogP contribution >= 0.6 is 11.3 Å². The molecule has 2 aliphatic rings. The summed E-state index contributed by atoms with van der Waals surface area (Å²) in [5, 5.41) is 3.72. The van der Waals surface area contributed by atoms with Crippen molar-refractivity contribution >= 4 is 38.8 Å². The Morgan fingerprint density at radius 2 is 2.25 bits per heavy atom. The number of aryl methyl sites for hydroxylation is 1. The summed E-state index contributed by atoms with van der Waals surface area (Å²) in [6.45, 7) is 3.72. The van der Waals surface area contributed by atoms with Gasteiger partial charge in [-0.15, -0.1) is 11.3 Å². The Balaban J connectivity index is 1.31. The Kier molecular flexibility index (Phi) is 5.38. The average molecular weight is 457 g/mol. The van der Waals surface area contributed by atoms with Crippen molar-refractivity contribution in [2.45, 2.75) is 31.9 Å². The third kappa shape index (κ3) is 3.75. The molecular weight excluding hydrogens is 431 g/mol. The van der Waals surface area contributed by atoms with Gasteiger partial charge in [0.25, 0.3) is 5.91 Å². The van der Waals surface area contributed by atoms with Gasteiger partial charge in [0.15, 0.2) is 0 Å². The molecule has 5 rings (SSSR count). The Labute approximate surface area is 189 Å². The number of rotatable bonds is 4. The summed E-state index contributed by atoms with van der Waals surface area (Å²) in [4.78, 5) is 20.6. The second kappa shape index (κ2) is 8.22. The summed E-state index contributed by atoms with van der Waals surface area (Å²) in [5.41, 5.74) is 8.76. The number of methoxy groups -OCH3 is 1. The number of amides is 1. The lowest BCUT2D eigenvalue weighted by Gasteiger charge is -2.28. The van der Waals surface area contributed by atoms with Crippen LogP contribution in [-0.4, -0.2) is 49.8 Å². The maximum atomic E-state index is 15.0. The van der Waals surface area contributed by atoms with Gasteiger partial charge in [0, 0.05) is 55.0 Å². The van der Waals surface area contributed by atoms with Gasteiger partial charge < -0.3 is 25.4 Å². The topological polar surface area (TPSA) is 89.7 Å². The number of carbonyl (C=O) groups excluding carboxylic acids is 1. The molecule has 1 amide bonds. The number of nitrogens with zero attached hydrogens (tertiary/aromatic N) is 2. The molecule has 0 saturated carbocycles. The van der Waals surface area contributed by atoms with Crippen molar-refractivity contribution in [3.05, 3.63) is 46.2 Å². The van der Waals surface area contributed by atoms with Crippen molar-refractivity contribution in [3.8, 4) is 5.75 Å². The van der Waals surface area contributed by atoms with Crippen LogP contribution in [0.1, 0.15) is 27.3 Å². The fraction of sp³-hybridized carbons (Fsp3) is 0.391. The molecular formula is C23H25FN4O3S. The first-order valence-corrected chi connectivity index (χ1v) is 11.4. The number of hydrogen-bond acceptors (Lipinski definition) is 7. The summed E-state index contributed by atoms with van der Waals surface area (Å²) < 4.78 is 26.2. The van der Waals surface area contributed by atoms with Crippen LogP contribution in [0.4, 0.5) is 15.8 Å². The number of fused-ring (bicyclic) bond motifs is 2. The summed E-state index contributed by atoms with van der Waals surface area (Å²) in [6.07, 6.45) is 1.44. The van der Waals surface area contributed by atoms with Gasteiger partial charge in [0.05, 0.1) is 17.8 Å². The summed E-state index contributed by atoms with van der Waals surface area (Å²) in [5.74, 6) is -0.0781. The van der Waals surface area contributed by atoms with Gasteiger partial charge in [-0.05, 0) is 31.5 Å². The van der Waals surface area contributed by atoms with Gasteiger partial charge in [-0.1, -0.05) is 0 Å². The van der Waals surface area contributed by atoms with E-state index < -0.39 is 0 Å². The predicted molar refractivity (Wildman–Crippen MR) is 123 cm³/mol. The number of benzene rings is 1. The van der Waals surface area contributed by atoms with E-state index in [0.717, 1.165) is 41.1 Å². The maximum absolute atomic E-state index is 15.0. The van der Waals surface area contributed by atoms with Crippen LogP contribution in [0, 0.1) is 12.7 Å². The SMILES string of the molecule is CO[C@H]1CCN(c2cc(F)c3c(c2)OC[C@H](NC(=O)c2sc4nc(C)ccc4c2N)C3)C1. The van der Waals surface area contributed by atoms with Crippen LogP contribution in [0.3, 0.4) is 0 Å². The molecule has 1 fully saturated rings. The Hall–Kier alpha value is -2.91. The van der Waals surface area contributed by atoms with Crippen molar-refractivity contribution in [1.82, 2.24) is 10.3 Å². The fourth-order valence-corrected chi connectivity index (χ4v) is 5.40. The van der Waals surface area contributed by atoms with E-state index in [1.165, 1.54) is 11.3 Å². The number of anilines is 2. The first-order valence-electron chi connectivity index (χ1n) is 10.6. The van der Waals surface area contributed by atoms with Crippen LogP contribution in [0.15, 0.2) is 24.3 Å². The first kappa shape index (κ1) is 21.0. The molecule has 3 N–H and O–H groups in total. The number of nitrogens with one attached hydrogen (secondary N) is 1. The van der Waals surface area contributed by atoms with Gasteiger partial charge in [0.2, 0.25) is 0 Å². The first-order chi connectivity index (χ1) is 15.4. The monoisotopic (exact) mass is 456 g/mol. The summed E-state index contributed by atoms with van der Waals surface area (Å²) in [7, 11) is 1.70. The molecule has 2 aromatic heterocycles. The molecule has 0 radical (unpaired) electrons. The standard InChI is InChI=1S/C23H25FN4O3S/c1-12-3-4-16-20(25)21(32-23(16)26-12)22(29)27-13-7-17-18(24)8-14(9-19(17)31-11-13)28-6-5-15(10-28)30-2/h3-4,8-9,13,15H,5-7,10-11,25H2,1-2H3,(H,27,29)/t13-,15+/m1/s1. The number of hydrogen-bond donors (Lipinski definition) is 2. The van der Waals surface area contributed by atoms with E-state index in [2.05, 4.69) is 15.2 Å². The minimum Gasteiger partial charge on any atom is -0.491 e. The van der Waals surface area contributed by atoms with E-state index in [4.69, 9.17) is 15.2 Å². The zero-order valence-electron chi connectivity index (χ0n) is 18.0. The molecule has 0 unspecified atom stereocenters. The highest BCUT2D eigenvalue weighted by Crippen LogP contribution is 2.35. The smallest absolute Gasteiger partial charge is 0.263 e. The highest BCUT2D eigenvalue weighted by atomic mass is 32.1. The highest BCUT2D eigenvalue weighted by Gasteiger charge is 2.29. The Bertz CT molecular complexity index is 1200. The number of pyridine rings is 1. The number of halogens is 1. The Morgan fingerprint density at radius 3 is 3.03 bits per heavy atom. The van der Waals surface area contributed by atoms with E-state index in [9.17, 15) is 9.18 Å². The normalized spacial score (nSPS) is 20.3. The maximum Gasteiger partial charge on any atom is 0.263 e. The van der Waals surface area contributed by atoms with Crippen molar-refractivity contribution in [2.24, 2.45) is 0 Å². The molecule has 2 aliphatic heterocycles. The number of carbonyl (C=O) groups is 1. The van der Waals surface area contributed by atoms with Crippen LogP contribution in [-0.2, 0) is 11.2 Å². The lowest BCUT2D eigenvalue weighted by molar-refractivity contribution is 0.0919. The van der Waals surface area contributed by atoms with Crippen LogP contribution in [0.25, 0.3) is 10.2 Å². The van der Waals surface area contributed by atoms with Crippen LogP contribution in [0.5, 0.6) is 5.75 Å². The van der Waals surface area contributed by atoms with E-state index in [0.29, 0.717) is 28.3 Å². The second-order valence-electron chi connectivity index (χ2n) is 8.33. The van der Waals surface area contributed by atoms with Crippen molar-refractivity contribution < 1.29 is 18.7 Å². The number of nitrogen functional groups attached to an aromatic ring is 1. The average Bonchev–Trinajstić information content (AvgIpc) is 3.38. The van der Waals surface area contributed by atoms with Gasteiger partial charge in [-0.25, -0.2) is 9.37 Å². The van der Waals surface area contributed by atoms with Crippen LogP contribution in [0.2, 0.25) is 0 Å². The van der Waals surface area contributed by atoms with Gasteiger partial charge in [-0.2, -0.15) is 0 Å². The van der Waals surface area contributed by atoms with E-state index in [1.54, 1.807) is 13.2 Å². The summed E-state index contributed by atoms with van der Waals surface area (Å²) >= 11 is 1.26. The number of aromatic nitrogens is 1. The number of thiophene rings is 1. The number of ether oxygens (including phenoxy) is 2. The van der Waals surface area contributed by atoms with E-state index >= 15 is 0 Å². The third-order valence-electron chi connectivity index (χ3n) is 6.15. The zero-order chi connectivity index (χ0) is 22.4. The molecule has 2 atom stereocenters. The largest absolute Gasteiger partial charge is 0.491 e. The lowest BCUT2D eigenvalue weighted by atomic mass is 10.0. The second-order valence-corrected chi connectivity index (χ2v) is 9.33. The molecule has 1 aromatic carbocycles. The van der Waals surface area contributed by atoms with Crippen molar-refractivity contribution in [2.75, 3.05) is 37.4 Å². The minimum absolute atomic E-state index is 0.162. The molecule has 0 spiro atoms. The quantitative estimate of drug-likeness (QED) is 0.626. The molecule has 7 nitrogen and oxygen atoms in total. The highest BCUT2D eigenvalue weighted by molar-refractivity contribution is 7.21. The van der Waals surface area contributed by atoms with E-state index in [-0.39, 0.29) is 30.5 Å². The molecule has 0 aliphatic carbocycles. The summed E-state index contributed by atoms with van der Waals surface area (Å²) in [6, 6.07) is 6.82. The minimum atomic E-state index is -0.348. The van der Waals surface area contributed by atoms with Gasteiger partial charge in [0.1, 0.15) is 27.9 Å². The lowest BCUT2D eigenvalue weighted by Crippen LogP contribution is -2.43. The van der Waals surface area contributed by atoms with Gasteiger partial charge in [-0.3, -0.25) is 4.79 Å². The molecule has 168 valence electrons. The fourth-order valence-electron chi connectivity index (χ4n) is 4.36. The molecule has 1 saturated heterocycles. The van der Waals surface area contributed by atoms with Crippen LogP contribution < -0.4 is 20.7 Å². The van der Waals surface area contributed by atoms with Crippen molar-refractivity contribution in [1.29, 1.82) is 0 Å². The van der Waals surface area contributed by atoms with E-state index in [1.807, 2.05) is 25.1 Å². The molecule has 32 heavy (non-hydrogen) atoms. The predicted octanol–water partition coefficient (Wildman–Crippen LogP) is 3.28.